The van der Waals surface area contributed by atoms with Crippen LogP contribution in [-0.4, -0.2) is 49.1 Å². The van der Waals surface area contributed by atoms with Crippen LogP contribution in [0.3, 0.4) is 0 Å². The summed E-state index contributed by atoms with van der Waals surface area (Å²) in [4.78, 5) is 51.0. The van der Waals surface area contributed by atoms with Crippen molar-refractivity contribution < 1.29 is 30.1 Å². The topological polar surface area (TPSA) is 111 Å². The Balaban J connectivity index is 3.16. The van der Waals surface area contributed by atoms with Crippen molar-refractivity contribution in [3.05, 3.63) is 35.4 Å². The molecule has 0 aliphatic heterocycles. The van der Waals surface area contributed by atoms with E-state index in [0.29, 0.717) is 6.42 Å². The first-order valence-corrected chi connectivity index (χ1v) is 11.9. The molecule has 3 atom stereocenters. The maximum absolute atomic E-state index is 13.4. The molecular weight excluding hydrogens is 436 g/mol. The number of aryl methyl sites for hydroxylation is 1. The summed E-state index contributed by atoms with van der Waals surface area (Å²) in [5.41, 5.74) is 0.725. The van der Waals surface area contributed by atoms with E-state index in [1.54, 1.807) is 34.6 Å². The van der Waals surface area contributed by atoms with Gasteiger partial charge in [0.25, 0.3) is 0 Å². The Morgan fingerprint density at radius 3 is 2.15 bits per heavy atom. The molecule has 0 aliphatic carbocycles. The number of carbonyl (C=O) groups excluding carboxylic acids is 4. The fourth-order valence-electron chi connectivity index (χ4n) is 3.29. The molecule has 0 saturated heterocycles. The number of hydrogen-bond acceptors (Lipinski definition) is 6. The molecule has 1 rings (SSSR count). The van der Waals surface area contributed by atoms with E-state index < -0.39 is 41.3 Å². The van der Waals surface area contributed by atoms with Gasteiger partial charge in [-0.2, -0.15) is 0 Å². The first-order valence-electron chi connectivity index (χ1n) is 12.4. The van der Waals surface area contributed by atoms with Gasteiger partial charge in [-0.25, -0.2) is 4.79 Å². The molecule has 8 heteroatoms. The zero-order valence-electron chi connectivity index (χ0n) is 22.5. The summed E-state index contributed by atoms with van der Waals surface area (Å²) in [6.07, 6.45) is 0.422. The monoisotopic (exact) mass is 477 g/mol. The van der Waals surface area contributed by atoms with Gasteiger partial charge in [0.1, 0.15) is 12.1 Å². The lowest BCUT2D eigenvalue weighted by Crippen LogP contribution is -2.56. The minimum Gasteiger partial charge on any atom is -0.466 e. The summed E-state index contributed by atoms with van der Waals surface area (Å²) in [5, 5.41) is 3.33. The van der Waals surface area contributed by atoms with E-state index >= 15 is 0 Å². The van der Waals surface area contributed by atoms with Crippen molar-refractivity contribution in [3.8, 4) is 0 Å². The van der Waals surface area contributed by atoms with Crippen LogP contribution in [0.15, 0.2) is 24.3 Å². The number of esters is 2. The lowest BCUT2D eigenvalue weighted by atomic mass is 9.82. The van der Waals surface area contributed by atoms with Crippen molar-refractivity contribution in [1.29, 1.82) is 0 Å². The van der Waals surface area contributed by atoms with E-state index in [1.807, 2.05) is 38.1 Å². The Hall–Kier alpha value is -2.90. The number of carbonyl (C=O) groups is 4. The molecule has 0 fully saturated rings. The second kappa shape index (κ2) is 13.7. The van der Waals surface area contributed by atoms with Crippen molar-refractivity contribution in [2.45, 2.75) is 85.2 Å². The highest BCUT2D eigenvalue weighted by Gasteiger charge is 2.36. The third kappa shape index (κ3) is 8.47. The molecule has 0 bridgehead atoms. The molecule has 0 spiro atoms. The molecule has 190 valence electrons. The maximum Gasteiger partial charge on any atom is 0.328 e. The van der Waals surface area contributed by atoms with Gasteiger partial charge in [0.15, 0.2) is 1.41 Å². The molecule has 2 N–H and O–H groups in total. The Morgan fingerprint density at radius 1 is 1.03 bits per heavy atom. The van der Waals surface area contributed by atoms with Gasteiger partial charge >= 0.3 is 11.9 Å². The highest BCUT2D eigenvalue weighted by Crippen LogP contribution is 2.24. The fourth-order valence-corrected chi connectivity index (χ4v) is 3.29. The van der Waals surface area contributed by atoms with E-state index in [4.69, 9.17) is 10.9 Å². The van der Waals surface area contributed by atoms with Gasteiger partial charge in [0.05, 0.1) is 18.6 Å². The molecule has 0 heterocycles. The number of amides is 2. The first-order chi connectivity index (χ1) is 16.4. The summed E-state index contributed by atoms with van der Waals surface area (Å²) >= 11 is 0. The lowest BCUT2D eigenvalue weighted by Gasteiger charge is -2.31. The van der Waals surface area contributed by atoms with Gasteiger partial charge in [0, 0.05) is 6.42 Å². The van der Waals surface area contributed by atoms with Gasteiger partial charge in [-0.15, -0.1) is 0 Å². The van der Waals surface area contributed by atoms with Crippen molar-refractivity contribution in [2.75, 3.05) is 13.2 Å². The van der Waals surface area contributed by atoms with Crippen LogP contribution in [0.25, 0.3) is 0 Å². The van der Waals surface area contributed by atoms with Gasteiger partial charge in [0.2, 0.25) is 11.8 Å². The molecule has 0 radical (unpaired) electrons. The van der Waals surface area contributed by atoms with Gasteiger partial charge < -0.3 is 20.1 Å². The van der Waals surface area contributed by atoms with E-state index in [-0.39, 0.29) is 32.0 Å². The Morgan fingerprint density at radius 2 is 1.62 bits per heavy atom. The van der Waals surface area contributed by atoms with Crippen molar-refractivity contribution in [3.63, 3.8) is 0 Å². The van der Waals surface area contributed by atoms with Crippen LogP contribution in [0.1, 0.15) is 71.9 Å². The van der Waals surface area contributed by atoms with Crippen molar-refractivity contribution in [1.82, 2.24) is 10.6 Å². The van der Waals surface area contributed by atoms with Crippen LogP contribution >= 0.6 is 0 Å². The maximum atomic E-state index is 13.4. The first kappa shape index (κ1) is 27.3. The van der Waals surface area contributed by atoms with Gasteiger partial charge in [-0.1, -0.05) is 50.1 Å². The second-order valence-electron chi connectivity index (χ2n) is 8.91. The molecule has 1 aromatic carbocycles. The SMILES string of the molecule is [2H]N(C(=O)C(C)(C)c1ccc(C)cc1)[C@H](C(=O)N[C@@H](CCC(=O)OCC)C(=O)OCC)[C@@H](C)CC. The zero-order valence-corrected chi connectivity index (χ0v) is 21.5. The molecule has 1 aromatic rings. The third-order valence-electron chi connectivity index (χ3n) is 5.85. The van der Waals surface area contributed by atoms with Crippen LogP contribution in [0.4, 0.5) is 0 Å². The fraction of sp³-hybridized carbons (Fsp3) is 0.615. The molecule has 0 saturated carbocycles. The predicted molar refractivity (Wildman–Crippen MR) is 130 cm³/mol. The standard InChI is InChI=1S/C26H40N2O6/c1-8-18(5)22(28-25(32)26(6,7)19-13-11-17(4)12-14-19)23(30)27-20(24(31)34-10-3)15-16-21(29)33-9-2/h11-14,18,20,22H,8-10,15-16H2,1-7H3,(H,27,30)(H,28,32)/t18-,20-,22-/m0/s1/i/hD. The summed E-state index contributed by atoms with van der Waals surface area (Å²) < 4.78 is 18.6. The van der Waals surface area contributed by atoms with Crippen LogP contribution in [-0.2, 0) is 34.1 Å². The molecule has 0 aliphatic rings. The summed E-state index contributed by atoms with van der Waals surface area (Å²) in [5.74, 6) is -2.73. The third-order valence-corrected chi connectivity index (χ3v) is 5.85. The number of benzene rings is 1. The van der Waals surface area contributed by atoms with Crippen molar-refractivity contribution in [2.24, 2.45) is 5.92 Å². The highest BCUT2D eigenvalue weighted by molar-refractivity contribution is 5.94. The van der Waals surface area contributed by atoms with Crippen LogP contribution < -0.4 is 10.6 Å². The predicted octanol–water partition coefficient (Wildman–Crippen LogP) is 3.19. The number of nitrogens with one attached hydrogen (secondary N) is 2. The second-order valence-corrected chi connectivity index (χ2v) is 8.91. The van der Waals surface area contributed by atoms with Gasteiger partial charge in [-0.3, -0.25) is 14.4 Å². The van der Waals surface area contributed by atoms with Crippen molar-refractivity contribution >= 4 is 23.8 Å². The van der Waals surface area contributed by atoms with Crippen LogP contribution in [0.5, 0.6) is 0 Å². The minimum absolute atomic E-state index is 0.0164. The van der Waals surface area contributed by atoms with E-state index in [1.165, 1.54) is 0 Å². The highest BCUT2D eigenvalue weighted by atomic mass is 16.5. The number of hydrogen-bond donors (Lipinski definition) is 2. The lowest BCUT2D eigenvalue weighted by molar-refractivity contribution is -0.149. The minimum atomic E-state index is -1.14. The van der Waals surface area contributed by atoms with Crippen LogP contribution in [0.2, 0.25) is 1.41 Å². The van der Waals surface area contributed by atoms with Crippen LogP contribution in [0, 0.1) is 12.8 Å². The summed E-state index contributed by atoms with van der Waals surface area (Å²) in [7, 11) is 0. The molecule has 0 aromatic heterocycles. The Bertz CT molecular complexity index is 871. The average molecular weight is 478 g/mol. The molecule has 8 nitrogen and oxygen atoms in total. The number of ether oxygens (including phenoxy) is 2. The summed E-state index contributed by atoms with van der Waals surface area (Å²) in [6.45, 7) is 12.6. The Kier molecular flexibility index (Phi) is 11.0. The number of rotatable bonds is 13. The smallest absolute Gasteiger partial charge is 0.328 e. The largest absolute Gasteiger partial charge is 0.466 e. The van der Waals surface area contributed by atoms with Gasteiger partial charge in [-0.05, 0) is 52.5 Å². The zero-order chi connectivity index (χ0) is 26.8. The average Bonchev–Trinajstić information content (AvgIpc) is 2.81. The molecule has 34 heavy (non-hydrogen) atoms. The molecule has 2 amide bonds. The van der Waals surface area contributed by atoms with E-state index in [2.05, 4.69) is 5.32 Å². The quantitative estimate of drug-likeness (QED) is 0.422. The summed E-state index contributed by atoms with van der Waals surface area (Å²) in [6, 6.07) is 5.22. The normalized spacial score (nSPS) is 14.3. The molecule has 0 unspecified atom stereocenters. The Labute approximate surface area is 204 Å². The van der Waals surface area contributed by atoms with E-state index in [0.717, 1.165) is 16.4 Å². The molecular formula is C26H40N2O6. The van der Waals surface area contributed by atoms with E-state index in [9.17, 15) is 19.2 Å².